The number of hydrogen-bond donors (Lipinski definition) is 0. The molecule has 0 N–H and O–H groups in total. The lowest BCUT2D eigenvalue weighted by Crippen LogP contribution is -2.10. The van der Waals surface area contributed by atoms with Crippen LogP contribution in [-0.2, 0) is 4.79 Å². The molecule has 0 atom stereocenters. The molecule has 4 aromatic rings. The number of aromatic nitrogens is 1. The van der Waals surface area contributed by atoms with Crippen LogP contribution in [0.15, 0.2) is 83.8 Å². The van der Waals surface area contributed by atoms with Crippen LogP contribution < -0.4 is 4.74 Å². The topological polar surface area (TPSA) is 48.3 Å². The summed E-state index contributed by atoms with van der Waals surface area (Å²) in [4.78, 5) is 25.7. The van der Waals surface area contributed by atoms with Crippen molar-refractivity contribution in [3.63, 3.8) is 0 Å². The molecule has 0 aliphatic rings. The van der Waals surface area contributed by atoms with Crippen LogP contribution in [0.3, 0.4) is 0 Å². The van der Waals surface area contributed by atoms with Crippen LogP contribution in [0.25, 0.3) is 16.6 Å². The van der Waals surface area contributed by atoms with Gasteiger partial charge in [0.15, 0.2) is 5.78 Å². The van der Waals surface area contributed by atoms with Crippen molar-refractivity contribution in [1.82, 2.24) is 4.57 Å². The Morgan fingerprint density at radius 2 is 1.60 bits per heavy atom. The van der Waals surface area contributed by atoms with E-state index in [2.05, 4.69) is 4.57 Å². The van der Waals surface area contributed by atoms with Gasteiger partial charge in [0, 0.05) is 27.2 Å². The maximum atomic E-state index is 12.4. The van der Waals surface area contributed by atoms with Crippen molar-refractivity contribution in [3.8, 4) is 11.4 Å². The second kappa shape index (κ2) is 8.59. The Kier molecular flexibility index (Phi) is 5.72. The molecule has 0 aliphatic carbocycles. The summed E-state index contributed by atoms with van der Waals surface area (Å²) in [5, 5.41) is 0.782. The fraction of sp³-hybridized carbons (Fsp3) is 0.120. The van der Waals surface area contributed by atoms with Gasteiger partial charge in [-0.15, -0.1) is 11.8 Å². The molecule has 5 heteroatoms. The van der Waals surface area contributed by atoms with E-state index in [0.717, 1.165) is 27.2 Å². The van der Waals surface area contributed by atoms with E-state index in [0.29, 0.717) is 11.3 Å². The second-order valence-electron chi connectivity index (χ2n) is 6.94. The summed E-state index contributed by atoms with van der Waals surface area (Å²) in [6, 6.07) is 25.1. The molecule has 4 nitrogen and oxygen atoms in total. The number of Topliss-reactive ketones (excluding diaryl/α,β-unsaturated/α-hetero) is 1. The van der Waals surface area contributed by atoms with Crippen LogP contribution in [0.2, 0.25) is 0 Å². The molecule has 1 heterocycles. The Morgan fingerprint density at radius 1 is 0.933 bits per heavy atom. The molecule has 0 fully saturated rings. The summed E-state index contributed by atoms with van der Waals surface area (Å²) < 4.78 is 7.61. The Balaban J connectivity index is 1.64. The van der Waals surface area contributed by atoms with Crippen LogP contribution in [0.5, 0.6) is 5.75 Å². The third-order valence-corrected chi connectivity index (χ3v) is 5.86. The molecule has 0 radical (unpaired) electrons. The molecule has 150 valence electrons. The molecular weight excluding hydrogens is 394 g/mol. The lowest BCUT2D eigenvalue weighted by atomic mass is 10.1. The predicted molar refractivity (Wildman–Crippen MR) is 121 cm³/mol. The second-order valence-corrected chi connectivity index (χ2v) is 7.99. The number of rotatable bonds is 6. The van der Waals surface area contributed by atoms with E-state index in [1.54, 1.807) is 19.1 Å². The minimum Gasteiger partial charge on any atom is -0.426 e. The molecule has 1 aromatic heterocycles. The van der Waals surface area contributed by atoms with Gasteiger partial charge in [0.25, 0.3) is 0 Å². The van der Waals surface area contributed by atoms with Gasteiger partial charge in [0.05, 0.1) is 11.3 Å². The molecule has 0 unspecified atom stereocenters. The van der Waals surface area contributed by atoms with E-state index in [1.165, 1.54) is 11.8 Å². The van der Waals surface area contributed by atoms with E-state index in [-0.39, 0.29) is 17.5 Å². The Hall–Kier alpha value is -3.31. The molecule has 0 bridgehead atoms. The maximum Gasteiger partial charge on any atom is 0.321 e. The van der Waals surface area contributed by atoms with E-state index >= 15 is 0 Å². The standard InChI is InChI=1S/C25H21NO3S/c1-17-25(18(2)27)22-15-20(29-24(28)16-30-21-11-7-4-8-12-21)13-14-23(22)26(17)19-9-5-3-6-10-19/h3-15H,16H2,1-2H3. The molecule has 0 saturated heterocycles. The smallest absolute Gasteiger partial charge is 0.321 e. The number of carbonyl (C=O) groups is 2. The first-order valence-electron chi connectivity index (χ1n) is 9.64. The van der Waals surface area contributed by atoms with Gasteiger partial charge in [-0.25, -0.2) is 0 Å². The van der Waals surface area contributed by atoms with Gasteiger partial charge in [0.1, 0.15) is 5.75 Å². The van der Waals surface area contributed by atoms with Crippen molar-refractivity contribution in [2.75, 3.05) is 5.75 Å². The van der Waals surface area contributed by atoms with Crippen molar-refractivity contribution < 1.29 is 14.3 Å². The molecule has 3 aromatic carbocycles. The van der Waals surface area contributed by atoms with Crippen molar-refractivity contribution in [1.29, 1.82) is 0 Å². The van der Waals surface area contributed by atoms with E-state index in [1.807, 2.05) is 73.7 Å². The van der Waals surface area contributed by atoms with Crippen LogP contribution in [0, 0.1) is 6.92 Å². The highest BCUT2D eigenvalue weighted by molar-refractivity contribution is 8.00. The Morgan fingerprint density at radius 3 is 2.27 bits per heavy atom. The molecule has 0 aliphatic heterocycles. The van der Waals surface area contributed by atoms with E-state index < -0.39 is 0 Å². The number of para-hydroxylation sites is 1. The quantitative estimate of drug-likeness (QED) is 0.172. The van der Waals surface area contributed by atoms with Gasteiger partial charge in [-0.05, 0) is 56.3 Å². The highest BCUT2D eigenvalue weighted by atomic mass is 32.2. The first-order chi connectivity index (χ1) is 14.5. The summed E-state index contributed by atoms with van der Waals surface area (Å²) in [5.41, 5.74) is 3.40. The van der Waals surface area contributed by atoms with Gasteiger partial charge < -0.3 is 9.30 Å². The summed E-state index contributed by atoms with van der Waals surface area (Å²) in [6.45, 7) is 3.50. The average Bonchev–Trinajstić information content (AvgIpc) is 3.05. The first kappa shape index (κ1) is 20.0. The largest absolute Gasteiger partial charge is 0.426 e. The normalized spacial score (nSPS) is 10.9. The summed E-state index contributed by atoms with van der Waals surface area (Å²) in [5.74, 6) is 0.307. The molecule has 4 rings (SSSR count). The van der Waals surface area contributed by atoms with Crippen LogP contribution >= 0.6 is 11.8 Å². The molecule has 0 saturated carbocycles. The molecular formula is C25H21NO3S. The zero-order chi connectivity index (χ0) is 21.1. The maximum absolute atomic E-state index is 12.4. The SMILES string of the molecule is CC(=O)c1c(C)n(-c2ccccc2)c2ccc(OC(=O)CSc3ccccc3)cc12. The van der Waals surface area contributed by atoms with E-state index in [9.17, 15) is 9.59 Å². The van der Waals surface area contributed by atoms with E-state index in [4.69, 9.17) is 4.74 Å². The number of thioether (sulfide) groups is 1. The zero-order valence-corrected chi connectivity index (χ0v) is 17.6. The van der Waals surface area contributed by atoms with Crippen molar-refractivity contribution in [2.45, 2.75) is 18.7 Å². The number of carbonyl (C=O) groups excluding carboxylic acids is 2. The number of nitrogens with zero attached hydrogens (tertiary/aromatic N) is 1. The van der Waals surface area contributed by atoms with Crippen LogP contribution in [0.1, 0.15) is 23.0 Å². The van der Waals surface area contributed by atoms with Gasteiger partial charge in [-0.1, -0.05) is 36.4 Å². The van der Waals surface area contributed by atoms with Gasteiger partial charge in [0.2, 0.25) is 0 Å². The molecule has 0 spiro atoms. The monoisotopic (exact) mass is 415 g/mol. The van der Waals surface area contributed by atoms with Crippen molar-refractivity contribution in [2.24, 2.45) is 0 Å². The van der Waals surface area contributed by atoms with Gasteiger partial charge >= 0.3 is 5.97 Å². The minimum atomic E-state index is -0.327. The Labute approximate surface area is 179 Å². The summed E-state index contributed by atoms with van der Waals surface area (Å²) in [7, 11) is 0. The lowest BCUT2D eigenvalue weighted by Gasteiger charge is -2.09. The van der Waals surface area contributed by atoms with Crippen LogP contribution in [0.4, 0.5) is 0 Å². The number of benzene rings is 3. The fourth-order valence-electron chi connectivity index (χ4n) is 3.64. The number of fused-ring (bicyclic) bond motifs is 1. The highest BCUT2D eigenvalue weighted by Crippen LogP contribution is 2.32. The zero-order valence-electron chi connectivity index (χ0n) is 16.8. The van der Waals surface area contributed by atoms with Crippen molar-refractivity contribution >= 4 is 34.4 Å². The first-order valence-corrected chi connectivity index (χ1v) is 10.6. The Bertz CT molecular complexity index is 1210. The highest BCUT2D eigenvalue weighted by Gasteiger charge is 2.19. The third kappa shape index (κ3) is 4.02. The minimum absolute atomic E-state index is 0.0182. The number of hydrogen-bond acceptors (Lipinski definition) is 4. The predicted octanol–water partition coefficient (Wildman–Crippen LogP) is 5.84. The summed E-state index contributed by atoms with van der Waals surface area (Å²) in [6.07, 6.45) is 0. The number of esters is 1. The fourth-order valence-corrected chi connectivity index (χ4v) is 4.33. The molecule has 30 heavy (non-hydrogen) atoms. The van der Waals surface area contributed by atoms with Gasteiger partial charge in [-0.2, -0.15) is 0 Å². The summed E-state index contributed by atoms with van der Waals surface area (Å²) >= 11 is 1.43. The van der Waals surface area contributed by atoms with Crippen molar-refractivity contribution in [3.05, 3.63) is 90.1 Å². The molecule has 0 amide bonds. The third-order valence-electron chi connectivity index (χ3n) is 4.87. The van der Waals surface area contributed by atoms with Crippen LogP contribution in [-0.4, -0.2) is 22.1 Å². The number of ether oxygens (including phenoxy) is 1. The number of ketones is 1. The van der Waals surface area contributed by atoms with Gasteiger partial charge in [-0.3, -0.25) is 9.59 Å². The lowest BCUT2D eigenvalue weighted by molar-refractivity contribution is -0.131. The average molecular weight is 416 g/mol.